The third-order valence-corrected chi connectivity index (χ3v) is 3.73. The summed E-state index contributed by atoms with van der Waals surface area (Å²) in [4.78, 5) is 0. The van der Waals surface area contributed by atoms with Gasteiger partial charge >= 0.3 is 0 Å². The van der Waals surface area contributed by atoms with Crippen LogP contribution in [0.1, 0.15) is 56.7 Å². The molecule has 0 fully saturated rings. The van der Waals surface area contributed by atoms with Crippen molar-refractivity contribution in [1.82, 2.24) is 0 Å². The molecule has 0 radical (unpaired) electrons. The average Bonchev–Trinajstić information content (AvgIpc) is 2.33. The quantitative estimate of drug-likeness (QED) is 0.837. The molecule has 0 bridgehead atoms. The second-order valence-corrected chi connectivity index (χ2v) is 5.76. The topological polar surface area (TPSA) is 35.2 Å². The Morgan fingerprint density at radius 3 is 2.42 bits per heavy atom. The Bertz CT molecular complexity index is 429. The molecule has 0 aliphatic rings. The van der Waals surface area contributed by atoms with Gasteiger partial charge in [-0.3, -0.25) is 0 Å². The van der Waals surface area contributed by atoms with Gasteiger partial charge in [0.1, 0.15) is 5.75 Å². The predicted octanol–water partition coefficient (Wildman–Crippen LogP) is 4.45. The molecule has 108 valence electrons. The maximum absolute atomic E-state index is 6.43. The van der Waals surface area contributed by atoms with Gasteiger partial charge in [0, 0.05) is 16.6 Å². The summed E-state index contributed by atoms with van der Waals surface area (Å²) < 4.78 is 5.84. The summed E-state index contributed by atoms with van der Waals surface area (Å²) in [5.74, 6) is 1.34. The highest BCUT2D eigenvalue weighted by Gasteiger charge is 2.20. The number of halogens is 1. The van der Waals surface area contributed by atoms with Crippen molar-refractivity contribution in [3.05, 3.63) is 27.8 Å². The number of hydrogen-bond acceptors (Lipinski definition) is 2. The third kappa shape index (κ3) is 3.87. The van der Waals surface area contributed by atoms with Crippen LogP contribution in [0.4, 0.5) is 0 Å². The number of ether oxygens (including phenoxy) is 1. The standard InChI is InChI=1S/C16H26ClNO/c1-6-12(18)9-13-15(10(3)4)14(17)8-11(5)16(13)19-7-2/h8,10,12H,6-7,9,18H2,1-5H3. The minimum atomic E-state index is 0.148. The molecule has 1 rings (SSSR count). The van der Waals surface area contributed by atoms with Crippen molar-refractivity contribution in [2.45, 2.75) is 59.4 Å². The van der Waals surface area contributed by atoms with Crippen molar-refractivity contribution < 1.29 is 4.74 Å². The Balaban J connectivity index is 3.39. The smallest absolute Gasteiger partial charge is 0.125 e. The van der Waals surface area contributed by atoms with E-state index in [1.807, 2.05) is 19.9 Å². The zero-order valence-electron chi connectivity index (χ0n) is 12.7. The van der Waals surface area contributed by atoms with Gasteiger partial charge in [-0.25, -0.2) is 0 Å². The van der Waals surface area contributed by atoms with Crippen LogP contribution in [0.15, 0.2) is 6.07 Å². The number of rotatable bonds is 6. The molecule has 1 unspecified atom stereocenters. The van der Waals surface area contributed by atoms with Gasteiger partial charge in [0.2, 0.25) is 0 Å². The van der Waals surface area contributed by atoms with Crippen molar-refractivity contribution in [1.29, 1.82) is 0 Å². The Hall–Kier alpha value is -0.730. The van der Waals surface area contributed by atoms with Crippen LogP contribution in [-0.4, -0.2) is 12.6 Å². The van der Waals surface area contributed by atoms with Crippen molar-refractivity contribution in [2.75, 3.05) is 6.61 Å². The largest absolute Gasteiger partial charge is 0.493 e. The van der Waals surface area contributed by atoms with Crippen LogP contribution in [0.25, 0.3) is 0 Å². The van der Waals surface area contributed by atoms with Crippen molar-refractivity contribution >= 4 is 11.6 Å². The van der Waals surface area contributed by atoms with Gasteiger partial charge in [0.15, 0.2) is 0 Å². The second kappa shape index (κ2) is 7.16. The second-order valence-electron chi connectivity index (χ2n) is 5.36. The van der Waals surface area contributed by atoms with Crippen LogP contribution in [0.3, 0.4) is 0 Å². The highest BCUT2D eigenvalue weighted by Crippen LogP contribution is 2.37. The van der Waals surface area contributed by atoms with Crippen molar-refractivity contribution in [3.8, 4) is 5.75 Å². The molecule has 0 saturated carbocycles. The van der Waals surface area contributed by atoms with Gasteiger partial charge in [-0.1, -0.05) is 32.4 Å². The molecule has 19 heavy (non-hydrogen) atoms. The van der Waals surface area contributed by atoms with E-state index in [9.17, 15) is 0 Å². The lowest BCUT2D eigenvalue weighted by Crippen LogP contribution is -2.23. The van der Waals surface area contributed by atoms with E-state index in [1.165, 1.54) is 11.1 Å². The van der Waals surface area contributed by atoms with E-state index in [4.69, 9.17) is 22.1 Å². The molecule has 2 N–H and O–H groups in total. The van der Waals surface area contributed by atoms with Crippen molar-refractivity contribution in [2.24, 2.45) is 5.73 Å². The van der Waals surface area contributed by atoms with E-state index in [0.717, 1.165) is 29.2 Å². The first-order valence-electron chi connectivity index (χ1n) is 7.12. The monoisotopic (exact) mass is 283 g/mol. The van der Waals surface area contributed by atoms with Gasteiger partial charge in [0.25, 0.3) is 0 Å². The van der Waals surface area contributed by atoms with E-state index >= 15 is 0 Å². The van der Waals surface area contributed by atoms with Crippen LogP contribution in [0.5, 0.6) is 5.75 Å². The Labute approximate surface area is 122 Å². The molecule has 0 aliphatic carbocycles. The maximum atomic E-state index is 6.43. The predicted molar refractivity (Wildman–Crippen MR) is 83.4 cm³/mol. The third-order valence-electron chi connectivity index (χ3n) is 3.41. The molecule has 1 atom stereocenters. The van der Waals surface area contributed by atoms with Crippen LogP contribution in [0.2, 0.25) is 5.02 Å². The minimum absolute atomic E-state index is 0.148. The van der Waals surface area contributed by atoms with E-state index in [1.54, 1.807) is 0 Å². The fourth-order valence-electron chi connectivity index (χ4n) is 2.42. The first kappa shape index (κ1) is 16.3. The highest BCUT2D eigenvalue weighted by molar-refractivity contribution is 6.31. The molecule has 1 aromatic rings. The van der Waals surface area contributed by atoms with Crippen LogP contribution in [-0.2, 0) is 6.42 Å². The fourth-order valence-corrected chi connectivity index (χ4v) is 2.91. The molecule has 0 amide bonds. The lowest BCUT2D eigenvalue weighted by Gasteiger charge is -2.23. The summed E-state index contributed by atoms with van der Waals surface area (Å²) in [6, 6.07) is 2.15. The van der Waals surface area contributed by atoms with Crippen LogP contribution < -0.4 is 10.5 Å². The molecule has 3 heteroatoms. The van der Waals surface area contributed by atoms with E-state index in [0.29, 0.717) is 12.5 Å². The lowest BCUT2D eigenvalue weighted by atomic mass is 9.90. The minimum Gasteiger partial charge on any atom is -0.493 e. The number of hydrogen-bond donors (Lipinski definition) is 1. The molecule has 0 aromatic heterocycles. The van der Waals surface area contributed by atoms with Crippen molar-refractivity contribution in [3.63, 3.8) is 0 Å². The Morgan fingerprint density at radius 1 is 1.32 bits per heavy atom. The normalized spacial score (nSPS) is 12.8. The molecular formula is C16H26ClNO. The molecular weight excluding hydrogens is 258 g/mol. The summed E-state index contributed by atoms with van der Waals surface area (Å²) in [6.45, 7) is 11.1. The molecule has 0 spiro atoms. The summed E-state index contributed by atoms with van der Waals surface area (Å²) in [5, 5.41) is 0.828. The van der Waals surface area contributed by atoms with Gasteiger partial charge < -0.3 is 10.5 Å². The summed E-state index contributed by atoms with van der Waals surface area (Å²) in [7, 11) is 0. The van der Waals surface area contributed by atoms with Crippen LogP contribution >= 0.6 is 11.6 Å². The summed E-state index contributed by atoms with van der Waals surface area (Å²) >= 11 is 6.43. The highest BCUT2D eigenvalue weighted by atomic mass is 35.5. The van der Waals surface area contributed by atoms with E-state index in [2.05, 4.69) is 20.8 Å². The van der Waals surface area contributed by atoms with Gasteiger partial charge in [-0.15, -0.1) is 0 Å². The summed E-state index contributed by atoms with van der Waals surface area (Å²) in [6.07, 6.45) is 1.77. The maximum Gasteiger partial charge on any atom is 0.125 e. The summed E-state index contributed by atoms with van der Waals surface area (Å²) in [5.41, 5.74) is 9.60. The van der Waals surface area contributed by atoms with Gasteiger partial charge in [0.05, 0.1) is 6.61 Å². The molecule has 2 nitrogen and oxygen atoms in total. The first-order valence-corrected chi connectivity index (χ1v) is 7.50. The zero-order chi connectivity index (χ0) is 14.6. The molecule has 0 saturated heterocycles. The number of nitrogens with two attached hydrogens (primary N) is 1. The Morgan fingerprint density at radius 2 is 1.95 bits per heavy atom. The van der Waals surface area contributed by atoms with Crippen LogP contribution in [0, 0.1) is 6.92 Å². The fraction of sp³-hybridized carbons (Fsp3) is 0.625. The van der Waals surface area contributed by atoms with E-state index in [-0.39, 0.29) is 6.04 Å². The SMILES string of the molecule is CCOc1c(C)cc(Cl)c(C(C)C)c1CC(N)CC. The number of benzene rings is 1. The molecule has 0 heterocycles. The zero-order valence-corrected chi connectivity index (χ0v) is 13.5. The van der Waals surface area contributed by atoms with E-state index < -0.39 is 0 Å². The lowest BCUT2D eigenvalue weighted by molar-refractivity contribution is 0.332. The van der Waals surface area contributed by atoms with Gasteiger partial charge in [-0.2, -0.15) is 0 Å². The average molecular weight is 284 g/mol. The Kier molecular flexibility index (Phi) is 6.15. The molecule has 1 aromatic carbocycles. The first-order chi connectivity index (χ1) is 8.92. The molecule has 0 aliphatic heterocycles. The van der Waals surface area contributed by atoms with Gasteiger partial charge in [-0.05, 0) is 49.8 Å². The number of aryl methyl sites for hydroxylation is 1.